The van der Waals surface area contributed by atoms with Gasteiger partial charge < -0.3 is 24.8 Å². The third-order valence-corrected chi connectivity index (χ3v) is 3.49. The van der Waals surface area contributed by atoms with E-state index in [-0.39, 0.29) is 25.2 Å². The largest absolute Gasteiger partial charge is 0.484 e. The number of hydrogen-bond acceptors (Lipinski definition) is 5. The van der Waals surface area contributed by atoms with Gasteiger partial charge in [-0.15, -0.1) is 0 Å². The fraction of sp³-hybridized carbons (Fsp3) is 0.222. The van der Waals surface area contributed by atoms with Crippen LogP contribution < -0.4 is 24.8 Å². The van der Waals surface area contributed by atoms with Crippen LogP contribution in [0.3, 0.4) is 0 Å². The number of rotatable bonds is 6. The van der Waals surface area contributed by atoms with Gasteiger partial charge >= 0.3 is 0 Å². The van der Waals surface area contributed by atoms with Crippen molar-refractivity contribution in [2.24, 2.45) is 0 Å². The lowest BCUT2D eigenvalue weighted by atomic mass is 10.2. The van der Waals surface area contributed by atoms with E-state index in [9.17, 15) is 9.59 Å². The topological polar surface area (TPSA) is 85.9 Å². The standard InChI is InChI=1S/C18H18N2O5/c1-2-19-17(21)10-23-14-6-4-13(5-7-14)20-18(22)12-3-8-15-16(9-12)25-11-24-15/h3-9H,2,10-11H2,1H3,(H,19,21)(H,20,22). The predicted octanol–water partition coefficient (Wildman–Crippen LogP) is 2.18. The Balaban J connectivity index is 1.57. The van der Waals surface area contributed by atoms with Crippen LogP contribution in [0.5, 0.6) is 17.2 Å². The van der Waals surface area contributed by atoms with Gasteiger partial charge in [0.05, 0.1) is 0 Å². The smallest absolute Gasteiger partial charge is 0.257 e. The van der Waals surface area contributed by atoms with Crippen LogP contribution in [0.1, 0.15) is 17.3 Å². The fourth-order valence-electron chi connectivity index (χ4n) is 2.27. The normalized spacial score (nSPS) is 11.7. The molecule has 0 atom stereocenters. The molecule has 0 radical (unpaired) electrons. The summed E-state index contributed by atoms with van der Waals surface area (Å²) in [5.74, 6) is 1.30. The van der Waals surface area contributed by atoms with Crippen LogP contribution in [0.2, 0.25) is 0 Å². The second kappa shape index (κ2) is 7.57. The average Bonchev–Trinajstić information content (AvgIpc) is 3.09. The Morgan fingerprint density at radius 2 is 1.84 bits per heavy atom. The summed E-state index contributed by atoms with van der Waals surface area (Å²) in [6.45, 7) is 2.53. The second-order valence-electron chi connectivity index (χ2n) is 5.29. The van der Waals surface area contributed by atoms with Crippen molar-refractivity contribution in [3.05, 3.63) is 48.0 Å². The average molecular weight is 342 g/mol. The first kappa shape index (κ1) is 16.6. The van der Waals surface area contributed by atoms with Crippen molar-refractivity contribution < 1.29 is 23.8 Å². The minimum Gasteiger partial charge on any atom is -0.484 e. The Labute approximate surface area is 144 Å². The molecule has 2 N–H and O–H groups in total. The number of nitrogens with one attached hydrogen (secondary N) is 2. The van der Waals surface area contributed by atoms with Crippen LogP contribution in [-0.4, -0.2) is 31.8 Å². The molecule has 0 fully saturated rings. The molecule has 0 aliphatic carbocycles. The minimum atomic E-state index is -0.255. The lowest BCUT2D eigenvalue weighted by molar-refractivity contribution is -0.122. The van der Waals surface area contributed by atoms with Gasteiger partial charge in [0.25, 0.3) is 11.8 Å². The van der Waals surface area contributed by atoms with Gasteiger partial charge in [-0.25, -0.2) is 0 Å². The molecule has 0 aromatic heterocycles. The number of amides is 2. The second-order valence-corrected chi connectivity index (χ2v) is 5.29. The molecule has 0 saturated heterocycles. The highest BCUT2D eigenvalue weighted by Crippen LogP contribution is 2.32. The predicted molar refractivity (Wildman–Crippen MR) is 91.1 cm³/mol. The monoisotopic (exact) mass is 342 g/mol. The molecule has 2 aromatic carbocycles. The molecule has 7 heteroatoms. The van der Waals surface area contributed by atoms with Gasteiger partial charge in [0.1, 0.15) is 5.75 Å². The van der Waals surface area contributed by atoms with E-state index in [1.54, 1.807) is 42.5 Å². The lowest BCUT2D eigenvalue weighted by Gasteiger charge is -2.08. The Morgan fingerprint density at radius 1 is 1.08 bits per heavy atom. The molecule has 1 aliphatic rings. The zero-order valence-electron chi connectivity index (χ0n) is 13.7. The van der Waals surface area contributed by atoms with Crippen molar-refractivity contribution in [1.29, 1.82) is 0 Å². The molecule has 0 saturated carbocycles. The lowest BCUT2D eigenvalue weighted by Crippen LogP contribution is -2.28. The van der Waals surface area contributed by atoms with Gasteiger partial charge in [0, 0.05) is 17.8 Å². The number of hydrogen-bond donors (Lipinski definition) is 2. The molecule has 0 bridgehead atoms. The summed E-state index contributed by atoms with van der Waals surface area (Å²) in [5.41, 5.74) is 1.09. The minimum absolute atomic E-state index is 0.0449. The molecule has 130 valence electrons. The number of anilines is 1. The number of benzene rings is 2. The maximum absolute atomic E-state index is 12.3. The van der Waals surface area contributed by atoms with Gasteiger partial charge in [0.15, 0.2) is 18.1 Å². The van der Waals surface area contributed by atoms with Crippen molar-refractivity contribution in [2.45, 2.75) is 6.92 Å². The van der Waals surface area contributed by atoms with Crippen LogP contribution in [-0.2, 0) is 4.79 Å². The first-order valence-corrected chi connectivity index (χ1v) is 7.86. The molecule has 7 nitrogen and oxygen atoms in total. The van der Waals surface area contributed by atoms with Crippen LogP contribution in [0.4, 0.5) is 5.69 Å². The van der Waals surface area contributed by atoms with Crippen molar-refractivity contribution in [1.82, 2.24) is 5.32 Å². The van der Waals surface area contributed by atoms with E-state index in [2.05, 4.69) is 10.6 Å². The van der Waals surface area contributed by atoms with Crippen molar-refractivity contribution in [3.63, 3.8) is 0 Å². The van der Waals surface area contributed by atoms with Gasteiger partial charge in [-0.3, -0.25) is 9.59 Å². The van der Waals surface area contributed by atoms with E-state index in [0.717, 1.165) is 0 Å². The zero-order chi connectivity index (χ0) is 17.6. The third kappa shape index (κ3) is 4.20. The van der Waals surface area contributed by atoms with Crippen molar-refractivity contribution >= 4 is 17.5 Å². The highest BCUT2D eigenvalue weighted by Gasteiger charge is 2.16. The first-order valence-electron chi connectivity index (χ1n) is 7.86. The first-order chi connectivity index (χ1) is 12.2. The molecule has 2 amide bonds. The molecule has 1 heterocycles. The fourth-order valence-corrected chi connectivity index (χ4v) is 2.27. The SMILES string of the molecule is CCNC(=O)COc1ccc(NC(=O)c2ccc3c(c2)OCO3)cc1. The summed E-state index contributed by atoms with van der Waals surface area (Å²) >= 11 is 0. The molecular weight excluding hydrogens is 324 g/mol. The summed E-state index contributed by atoms with van der Waals surface area (Å²) in [7, 11) is 0. The Kier molecular flexibility index (Phi) is 5.03. The molecule has 0 spiro atoms. The molecule has 2 aromatic rings. The Hall–Kier alpha value is -3.22. The summed E-state index contributed by atoms with van der Waals surface area (Å²) in [6, 6.07) is 11.8. The number of carbonyl (C=O) groups is 2. The molecule has 1 aliphatic heterocycles. The number of carbonyl (C=O) groups excluding carboxylic acids is 2. The van der Waals surface area contributed by atoms with Crippen LogP contribution >= 0.6 is 0 Å². The molecule has 0 unspecified atom stereocenters. The summed E-state index contributed by atoms with van der Waals surface area (Å²) in [4.78, 5) is 23.6. The number of fused-ring (bicyclic) bond motifs is 1. The van der Waals surface area contributed by atoms with E-state index in [4.69, 9.17) is 14.2 Å². The molecule has 3 rings (SSSR count). The van der Waals surface area contributed by atoms with Crippen LogP contribution in [0.15, 0.2) is 42.5 Å². The summed E-state index contributed by atoms with van der Waals surface area (Å²) in [5, 5.41) is 5.44. The van der Waals surface area contributed by atoms with E-state index >= 15 is 0 Å². The van der Waals surface area contributed by atoms with Crippen LogP contribution in [0.25, 0.3) is 0 Å². The molecule has 25 heavy (non-hydrogen) atoms. The van der Waals surface area contributed by atoms with Gasteiger partial charge in [-0.05, 0) is 49.4 Å². The maximum Gasteiger partial charge on any atom is 0.257 e. The summed E-state index contributed by atoms with van der Waals surface area (Å²) < 4.78 is 15.9. The van der Waals surface area contributed by atoms with Gasteiger partial charge in [-0.1, -0.05) is 0 Å². The van der Waals surface area contributed by atoms with Gasteiger partial charge in [0.2, 0.25) is 6.79 Å². The van der Waals surface area contributed by atoms with Crippen LogP contribution in [0, 0.1) is 0 Å². The molecular formula is C18H18N2O5. The third-order valence-electron chi connectivity index (χ3n) is 3.49. The van der Waals surface area contributed by atoms with Gasteiger partial charge in [-0.2, -0.15) is 0 Å². The highest BCUT2D eigenvalue weighted by molar-refractivity contribution is 6.04. The Morgan fingerprint density at radius 3 is 2.60 bits per heavy atom. The number of likely N-dealkylation sites (N-methyl/N-ethyl adjacent to an activating group) is 1. The van der Waals surface area contributed by atoms with Crippen molar-refractivity contribution in [2.75, 3.05) is 25.3 Å². The number of ether oxygens (including phenoxy) is 3. The summed E-state index contributed by atoms with van der Waals surface area (Å²) in [6.07, 6.45) is 0. The quantitative estimate of drug-likeness (QED) is 0.840. The maximum atomic E-state index is 12.3. The Bertz CT molecular complexity index is 774. The van der Waals surface area contributed by atoms with E-state index in [0.29, 0.717) is 35.0 Å². The van der Waals surface area contributed by atoms with E-state index in [1.807, 2.05) is 6.92 Å². The van der Waals surface area contributed by atoms with E-state index in [1.165, 1.54) is 0 Å². The van der Waals surface area contributed by atoms with E-state index < -0.39 is 0 Å². The highest BCUT2D eigenvalue weighted by atomic mass is 16.7. The zero-order valence-corrected chi connectivity index (χ0v) is 13.7. The van der Waals surface area contributed by atoms with Crippen molar-refractivity contribution in [3.8, 4) is 17.2 Å².